The number of carbonyl (C=O) groups is 2. The molecule has 2 amide bonds. The van der Waals surface area contributed by atoms with Gasteiger partial charge in [0.2, 0.25) is 0 Å². The average Bonchev–Trinajstić information content (AvgIpc) is 2.52. The molecule has 23 heavy (non-hydrogen) atoms. The third-order valence-electron chi connectivity index (χ3n) is 2.63. The molecule has 0 fully saturated rings. The van der Waals surface area contributed by atoms with Crippen LogP contribution in [0.15, 0.2) is 0 Å². The number of halogens is 1. The first-order valence-electron chi connectivity index (χ1n) is 6.47. The van der Waals surface area contributed by atoms with Crippen LogP contribution in [0, 0.1) is 10.8 Å². The summed E-state index contributed by atoms with van der Waals surface area (Å²) in [5.41, 5.74) is 0. The molecular weight excluding hydrogens is 332 g/mol. The van der Waals surface area contributed by atoms with Crippen molar-refractivity contribution in [2.45, 2.75) is 25.0 Å². The predicted molar refractivity (Wildman–Crippen MR) is 84.0 cm³/mol. The monoisotopic (exact) mass is 354 g/mol. The molecule has 0 aliphatic rings. The van der Waals surface area contributed by atoms with Crippen LogP contribution in [-0.4, -0.2) is 73.3 Å². The lowest BCUT2D eigenvalue weighted by Gasteiger charge is -2.17. The van der Waals surface area contributed by atoms with Gasteiger partial charge in [0.25, 0.3) is 11.8 Å². The van der Waals surface area contributed by atoms with Crippen molar-refractivity contribution in [3.05, 3.63) is 0 Å². The molecule has 2 unspecified atom stereocenters. The number of hydrogen-bond acceptors (Lipinski definition) is 8. The van der Waals surface area contributed by atoms with E-state index in [0.717, 1.165) is 0 Å². The molecule has 0 heterocycles. The fraction of sp³-hybridized carbons (Fsp3) is 0.667. The highest BCUT2D eigenvalue weighted by Crippen LogP contribution is 1.95. The van der Waals surface area contributed by atoms with E-state index in [1.807, 2.05) is 0 Å². The number of amides is 2. The summed E-state index contributed by atoms with van der Waals surface area (Å²) in [6.45, 7) is 0.0593. The van der Waals surface area contributed by atoms with E-state index in [4.69, 9.17) is 10.8 Å². The number of nitrogens with one attached hydrogen (secondary N) is 4. The first-order chi connectivity index (χ1) is 10.3. The van der Waals surface area contributed by atoms with Gasteiger partial charge in [0, 0.05) is 25.9 Å². The Kier molecular flexibility index (Phi) is 12.8. The average molecular weight is 355 g/mol. The maximum atomic E-state index is 11.5. The Morgan fingerprint density at radius 3 is 1.48 bits per heavy atom. The second kappa shape index (κ2) is 12.6. The van der Waals surface area contributed by atoms with E-state index in [2.05, 4.69) is 20.1 Å². The van der Waals surface area contributed by atoms with Gasteiger partial charge in [-0.05, 0) is 0 Å². The fourth-order valence-electron chi connectivity index (χ4n) is 1.30. The zero-order chi connectivity index (χ0) is 17.1. The Hall–Kier alpha value is -1.91. The summed E-state index contributed by atoms with van der Waals surface area (Å²) in [5, 5.41) is 38.0. The SMILES string of the molecule is COC(=N)CCNC(=O)C(O)C(O)C(=O)NCCC(=N)OC.Cl. The second-order valence-electron chi connectivity index (χ2n) is 4.23. The Bertz CT molecular complexity index is 382. The van der Waals surface area contributed by atoms with Crippen molar-refractivity contribution in [2.24, 2.45) is 0 Å². The van der Waals surface area contributed by atoms with Gasteiger partial charge in [0.05, 0.1) is 14.2 Å². The number of ether oxygens (including phenoxy) is 2. The molecule has 2 atom stereocenters. The summed E-state index contributed by atoms with van der Waals surface area (Å²) >= 11 is 0. The highest BCUT2D eigenvalue weighted by atomic mass is 35.5. The van der Waals surface area contributed by atoms with Crippen LogP contribution in [0.2, 0.25) is 0 Å². The first-order valence-corrected chi connectivity index (χ1v) is 6.47. The van der Waals surface area contributed by atoms with Gasteiger partial charge in [-0.2, -0.15) is 0 Å². The molecule has 6 N–H and O–H groups in total. The highest BCUT2D eigenvalue weighted by molar-refractivity contribution is 5.91. The van der Waals surface area contributed by atoms with E-state index in [1.54, 1.807) is 0 Å². The van der Waals surface area contributed by atoms with E-state index >= 15 is 0 Å². The van der Waals surface area contributed by atoms with Crippen molar-refractivity contribution in [3.63, 3.8) is 0 Å². The van der Waals surface area contributed by atoms with Gasteiger partial charge < -0.3 is 30.3 Å². The summed E-state index contributed by atoms with van der Waals surface area (Å²) in [5.74, 6) is -1.96. The molecular formula is C12H23ClN4O6. The van der Waals surface area contributed by atoms with Crippen LogP contribution in [-0.2, 0) is 19.1 Å². The van der Waals surface area contributed by atoms with E-state index in [9.17, 15) is 19.8 Å². The lowest BCUT2D eigenvalue weighted by atomic mass is 10.1. The molecule has 134 valence electrons. The minimum absolute atomic E-state index is 0. The van der Waals surface area contributed by atoms with E-state index in [0.29, 0.717) is 0 Å². The molecule has 10 nitrogen and oxygen atoms in total. The Balaban J connectivity index is 0. The zero-order valence-corrected chi connectivity index (χ0v) is 13.7. The largest absolute Gasteiger partial charge is 0.484 e. The number of aliphatic hydroxyl groups excluding tert-OH is 2. The van der Waals surface area contributed by atoms with Crippen molar-refractivity contribution < 1.29 is 29.3 Å². The van der Waals surface area contributed by atoms with Gasteiger partial charge >= 0.3 is 0 Å². The van der Waals surface area contributed by atoms with E-state index in [-0.39, 0.29) is 50.1 Å². The normalized spacial score (nSPS) is 12.2. The maximum absolute atomic E-state index is 11.5. The van der Waals surface area contributed by atoms with Gasteiger partial charge in [-0.3, -0.25) is 20.4 Å². The second-order valence-corrected chi connectivity index (χ2v) is 4.23. The number of rotatable bonds is 9. The minimum atomic E-state index is -1.93. The number of hydrogen-bond donors (Lipinski definition) is 6. The molecule has 11 heteroatoms. The maximum Gasteiger partial charge on any atom is 0.252 e. The lowest BCUT2D eigenvalue weighted by molar-refractivity contribution is -0.146. The summed E-state index contributed by atoms with van der Waals surface area (Å²) in [6, 6.07) is 0. The van der Waals surface area contributed by atoms with Crippen LogP contribution in [0.4, 0.5) is 0 Å². The van der Waals surface area contributed by atoms with Gasteiger partial charge in [0.1, 0.15) is 0 Å². The third-order valence-corrected chi connectivity index (χ3v) is 2.63. The lowest BCUT2D eigenvalue weighted by Crippen LogP contribution is -2.50. The van der Waals surface area contributed by atoms with Crippen LogP contribution >= 0.6 is 12.4 Å². The van der Waals surface area contributed by atoms with Crippen LogP contribution in [0.3, 0.4) is 0 Å². The molecule has 0 aliphatic carbocycles. The van der Waals surface area contributed by atoms with Crippen LogP contribution < -0.4 is 10.6 Å². The highest BCUT2D eigenvalue weighted by Gasteiger charge is 2.29. The number of methoxy groups -OCH3 is 2. The molecule has 0 rings (SSSR count). The van der Waals surface area contributed by atoms with E-state index in [1.165, 1.54) is 14.2 Å². The fourth-order valence-corrected chi connectivity index (χ4v) is 1.30. The van der Waals surface area contributed by atoms with Crippen LogP contribution in [0.5, 0.6) is 0 Å². The Morgan fingerprint density at radius 2 is 1.22 bits per heavy atom. The predicted octanol–water partition coefficient (Wildman–Crippen LogP) is -1.61. The molecule has 0 aromatic carbocycles. The standard InChI is InChI=1S/C12H22N4O6.ClH/c1-21-7(13)3-5-15-11(19)9(17)10(18)12(20)16-6-4-8(14)22-2;/h9-10,13-14,17-18H,3-6H2,1-2H3,(H,15,19)(H,16,20);1H. The summed E-state index contributed by atoms with van der Waals surface area (Å²) in [6.07, 6.45) is -3.62. The molecule has 0 saturated heterocycles. The van der Waals surface area contributed by atoms with E-state index < -0.39 is 24.0 Å². The van der Waals surface area contributed by atoms with Gasteiger partial charge in [-0.15, -0.1) is 12.4 Å². The van der Waals surface area contributed by atoms with Crippen molar-refractivity contribution in [1.29, 1.82) is 10.8 Å². The molecule has 0 radical (unpaired) electrons. The molecule has 0 bridgehead atoms. The van der Waals surface area contributed by atoms with Gasteiger partial charge in [-0.1, -0.05) is 0 Å². The number of aliphatic hydroxyl groups is 2. The molecule has 0 saturated carbocycles. The summed E-state index contributed by atoms with van der Waals surface area (Å²) in [4.78, 5) is 23.0. The Labute approximate surface area is 140 Å². The van der Waals surface area contributed by atoms with Gasteiger partial charge in [0.15, 0.2) is 24.0 Å². The minimum Gasteiger partial charge on any atom is -0.484 e. The molecule has 0 aromatic rings. The molecule has 0 aliphatic heterocycles. The summed E-state index contributed by atoms with van der Waals surface area (Å²) < 4.78 is 9.16. The number of carbonyl (C=O) groups excluding carboxylic acids is 2. The summed E-state index contributed by atoms with van der Waals surface area (Å²) in [7, 11) is 2.63. The van der Waals surface area contributed by atoms with Crippen molar-refractivity contribution >= 4 is 36.0 Å². The molecule has 0 spiro atoms. The molecule has 0 aromatic heterocycles. The Morgan fingerprint density at radius 1 is 0.913 bits per heavy atom. The van der Waals surface area contributed by atoms with Crippen molar-refractivity contribution in [2.75, 3.05) is 27.3 Å². The quantitative estimate of drug-likeness (QED) is 0.215. The third kappa shape index (κ3) is 9.66. The van der Waals surface area contributed by atoms with Gasteiger partial charge in [-0.25, -0.2) is 0 Å². The first kappa shape index (κ1) is 23.4. The van der Waals surface area contributed by atoms with Crippen molar-refractivity contribution in [1.82, 2.24) is 10.6 Å². The smallest absolute Gasteiger partial charge is 0.252 e. The zero-order valence-electron chi connectivity index (χ0n) is 12.9. The van der Waals surface area contributed by atoms with Crippen molar-refractivity contribution in [3.8, 4) is 0 Å². The van der Waals surface area contributed by atoms with Crippen LogP contribution in [0.25, 0.3) is 0 Å². The van der Waals surface area contributed by atoms with Crippen LogP contribution in [0.1, 0.15) is 12.8 Å². The topological polar surface area (TPSA) is 165 Å².